The van der Waals surface area contributed by atoms with Crippen LogP contribution in [0.25, 0.3) is 0 Å². The Bertz CT molecular complexity index is 459. The highest BCUT2D eigenvalue weighted by Gasteiger charge is 2.18. The molecule has 0 saturated heterocycles. The molecule has 1 heterocycles. The van der Waals surface area contributed by atoms with Gasteiger partial charge in [-0.2, -0.15) is 0 Å². The van der Waals surface area contributed by atoms with E-state index in [1.54, 1.807) is 27.2 Å². The highest BCUT2D eigenvalue weighted by atomic mass is 32.2. The lowest BCUT2D eigenvalue weighted by Gasteiger charge is -2.07. The average Bonchev–Trinajstić information content (AvgIpc) is 2.76. The molecule has 0 unspecified atom stereocenters. The van der Waals surface area contributed by atoms with E-state index in [0.717, 1.165) is 5.75 Å². The number of rotatable bonds is 8. The summed E-state index contributed by atoms with van der Waals surface area (Å²) in [6, 6.07) is 0. The van der Waals surface area contributed by atoms with Crippen molar-refractivity contribution in [3.8, 4) is 0 Å². The van der Waals surface area contributed by atoms with Crippen molar-refractivity contribution in [1.82, 2.24) is 4.98 Å². The Morgan fingerprint density at radius 3 is 2.85 bits per heavy atom. The fourth-order valence-corrected chi connectivity index (χ4v) is 2.27. The third-order valence-electron chi connectivity index (χ3n) is 2.50. The number of hydrogen-bond acceptors (Lipinski definition) is 5. The van der Waals surface area contributed by atoms with E-state index < -0.39 is 5.97 Å². The molecule has 0 atom stereocenters. The summed E-state index contributed by atoms with van der Waals surface area (Å²) in [5, 5.41) is 2.71. The lowest BCUT2D eigenvalue weighted by molar-refractivity contribution is -0.113. The van der Waals surface area contributed by atoms with Crippen molar-refractivity contribution in [2.45, 2.75) is 13.8 Å². The molecule has 20 heavy (non-hydrogen) atoms. The van der Waals surface area contributed by atoms with Gasteiger partial charge >= 0.3 is 5.97 Å². The second-order valence-electron chi connectivity index (χ2n) is 4.02. The van der Waals surface area contributed by atoms with Gasteiger partial charge in [0.2, 0.25) is 5.91 Å². The maximum atomic E-state index is 11.8. The highest BCUT2D eigenvalue weighted by Crippen LogP contribution is 2.20. The van der Waals surface area contributed by atoms with E-state index in [9.17, 15) is 9.59 Å². The molecule has 1 rings (SSSR count). The molecule has 112 valence electrons. The molecule has 0 aliphatic carbocycles. The number of nitrogens with one attached hydrogen (secondary N) is 2. The summed E-state index contributed by atoms with van der Waals surface area (Å²) >= 11 is 1.47. The minimum atomic E-state index is -0.436. The first kappa shape index (κ1) is 16.6. The smallest absolute Gasteiger partial charge is 0.342 e. The number of aromatic nitrogens is 1. The highest BCUT2D eigenvalue weighted by molar-refractivity contribution is 7.99. The van der Waals surface area contributed by atoms with E-state index in [1.807, 2.05) is 0 Å². The van der Waals surface area contributed by atoms with Crippen molar-refractivity contribution in [2.24, 2.45) is 0 Å². The first-order chi connectivity index (χ1) is 9.60. The van der Waals surface area contributed by atoms with Crippen molar-refractivity contribution >= 4 is 29.3 Å². The van der Waals surface area contributed by atoms with Crippen molar-refractivity contribution in [3.63, 3.8) is 0 Å². The van der Waals surface area contributed by atoms with Crippen LogP contribution in [0.1, 0.15) is 23.0 Å². The average molecular weight is 300 g/mol. The molecule has 0 aliphatic heterocycles. The summed E-state index contributed by atoms with van der Waals surface area (Å²) in [6.45, 7) is 4.40. The van der Waals surface area contributed by atoms with Crippen molar-refractivity contribution in [1.29, 1.82) is 0 Å². The Morgan fingerprint density at radius 2 is 2.20 bits per heavy atom. The van der Waals surface area contributed by atoms with Crippen LogP contribution in [0.4, 0.5) is 5.69 Å². The number of aryl methyl sites for hydroxylation is 1. The van der Waals surface area contributed by atoms with Crippen LogP contribution in [0.15, 0.2) is 6.20 Å². The largest absolute Gasteiger partial charge is 0.462 e. The lowest BCUT2D eigenvalue weighted by Crippen LogP contribution is -2.17. The fourth-order valence-electron chi connectivity index (χ4n) is 1.59. The Kier molecular flexibility index (Phi) is 7.17. The van der Waals surface area contributed by atoms with Gasteiger partial charge in [-0.1, -0.05) is 0 Å². The van der Waals surface area contributed by atoms with Crippen LogP contribution in [0, 0.1) is 6.92 Å². The number of ether oxygens (including phenoxy) is 2. The fraction of sp³-hybridized carbons (Fsp3) is 0.538. The molecule has 7 heteroatoms. The van der Waals surface area contributed by atoms with Crippen molar-refractivity contribution in [3.05, 3.63) is 17.5 Å². The quantitative estimate of drug-likeness (QED) is 0.565. The van der Waals surface area contributed by atoms with Gasteiger partial charge in [-0.15, -0.1) is 11.8 Å². The zero-order valence-electron chi connectivity index (χ0n) is 11.9. The maximum Gasteiger partial charge on any atom is 0.342 e. The SMILES string of the molecule is CCOC(=O)c1c(NC(=O)CSCCOC)c[nH]c1C. The number of carbonyl (C=O) groups excluding carboxylic acids is 2. The van der Waals surface area contributed by atoms with Gasteiger partial charge in [-0.3, -0.25) is 4.79 Å². The number of H-pyrrole nitrogens is 1. The Balaban J connectivity index is 2.59. The summed E-state index contributed by atoms with van der Waals surface area (Å²) in [6.07, 6.45) is 1.60. The molecular formula is C13H20N2O4S. The van der Waals surface area contributed by atoms with Gasteiger partial charge in [0.25, 0.3) is 0 Å². The molecule has 1 aromatic rings. The lowest BCUT2D eigenvalue weighted by atomic mass is 10.2. The van der Waals surface area contributed by atoms with Crippen LogP contribution in [-0.4, -0.2) is 48.7 Å². The maximum absolute atomic E-state index is 11.8. The number of anilines is 1. The van der Waals surface area contributed by atoms with Gasteiger partial charge in [0.05, 0.1) is 24.7 Å². The monoisotopic (exact) mass is 300 g/mol. The minimum absolute atomic E-state index is 0.157. The molecule has 0 aliphatic rings. The zero-order chi connectivity index (χ0) is 15.0. The third-order valence-corrected chi connectivity index (χ3v) is 3.42. The summed E-state index contributed by atoms with van der Waals surface area (Å²) in [7, 11) is 1.62. The topological polar surface area (TPSA) is 80.4 Å². The third kappa shape index (κ3) is 4.90. The Morgan fingerprint density at radius 1 is 1.45 bits per heavy atom. The summed E-state index contributed by atoms with van der Waals surface area (Å²) in [4.78, 5) is 26.5. The normalized spacial score (nSPS) is 10.3. The molecule has 0 bridgehead atoms. The number of thioether (sulfide) groups is 1. The van der Waals surface area contributed by atoms with Crippen LogP contribution in [0.3, 0.4) is 0 Å². The molecule has 0 aromatic carbocycles. The summed E-state index contributed by atoms with van der Waals surface area (Å²) < 4.78 is 9.87. The van der Waals surface area contributed by atoms with E-state index in [-0.39, 0.29) is 5.91 Å². The van der Waals surface area contributed by atoms with Gasteiger partial charge in [-0.25, -0.2) is 4.79 Å². The zero-order valence-corrected chi connectivity index (χ0v) is 12.8. The van der Waals surface area contributed by atoms with Gasteiger partial charge in [0.15, 0.2) is 0 Å². The molecule has 6 nitrogen and oxygen atoms in total. The van der Waals surface area contributed by atoms with Gasteiger partial charge in [-0.05, 0) is 13.8 Å². The number of esters is 1. The number of methoxy groups -OCH3 is 1. The predicted octanol–water partition coefficient (Wildman–Crippen LogP) is 1.82. The van der Waals surface area contributed by atoms with Gasteiger partial charge in [0.1, 0.15) is 5.56 Å². The van der Waals surface area contributed by atoms with Crippen LogP contribution >= 0.6 is 11.8 Å². The van der Waals surface area contributed by atoms with Crippen molar-refractivity contribution < 1.29 is 19.1 Å². The molecule has 0 radical (unpaired) electrons. The van der Waals surface area contributed by atoms with Crippen molar-refractivity contribution in [2.75, 3.05) is 37.1 Å². The van der Waals surface area contributed by atoms with E-state index >= 15 is 0 Å². The minimum Gasteiger partial charge on any atom is -0.462 e. The number of amides is 1. The van der Waals surface area contributed by atoms with Gasteiger partial charge < -0.3 is 19.8 Å². The Labute approximate surface area is 122 Å². The van der Waals surface area contributed by atoms with Crippen LogP contribution in [0.2, 0.25) is 0 Å². The van der Waals surface area contributed by atoms with E-state index in [1.165, 1.54) is 11.8 Å². The van der Waals surface area contributed by atoms with E-state index in [0.29, 0.717) is 35.9 Å². The number of hydrogen-bond donors (Lipinski definition) is 2. The molecule has 0 spiro atoms. The molecular weight excluding hydrogens is 280 g/mol. The summed E-state index contributed by atoms with van der Waals surface area (Å²) in [5.41, 5.74) is 1.51. The number of carbonyl (C=O) groups is 2. The Hall–Kier alpha value is -1.47. The second kappa shape index (κ2) is 8.65. The van der Waals surface area contributed by atoms with Gasteiger partial charge in [0, 0.05) is 24.8 Å². The molecule has 1 amide bonds. The first-order valence-corrected chi connectivity index (χ1v) is 7.47. The predicted molar refractivity (Wildman–Crippen MR) is 79.3 cm³/mol. The van der Waals surface area contributed by atoms with E-state index in [4.69, 9.17) is 9.47 Å². The standard InChI is InChI=1S/C13H20N2O4S/c1-4-19-13(17)12-9(2)14-7-10(12)15-11(16)8-20-6-5-18-3/h7,14H,4-6,8H2,1-3H3,(H,15,16). The molecule has 2 N–H and O–H groups in total. The molecule has 0 fully saturated rings. The van der Waals surface area contributed by atoms with Crippen LogP contribution in [-0.2, 0) is 14.3 Å². The number of aromatic amines is 1. The van der Waals surface area contributed by atoms with E-state index in [2.05, 4.69) is 10.3 Å². The molecule has 1 aromatic heterocycles. The van der Waals surface area contributed by atoms with Crippen LogP contribution in [0.5, 0.6) is 0 Å². The first-order valence-electron chi connectivity index (χ1n) is 6.31. The second-order valence-corrected chi connectivity index (χ2v) is 5.12. The van der Waals surface area contributed by atoms with Crippen LogP contribution < -0.4 is 5.32 Å². The molecule has 0 saturated carbocycles. The summed E-state index contributed by atoms with van der Waals surface area (Å²) in [5.74, 6) is 0.473.